The molecule has 0 unspecified atom stereocenters. The maximum atomic E-state index is 15.4. The van der Waals surface area contributed by atoms with Gasteiger partial charge in [-0.1, -0.05) is 30.2 Å². The van der Waals surface area contributed by atoms with E-state index in [1.165, 1.54) is 46.2 Å². The van der Waals surface area contributed by atoms with Crippen molar-refractivity contribution >= 4 is 23.2 Å². The van der Waals surface area contributed by atoms with Crippen LogP contribution in [0.1, 0.15) is 50.2 Å². The molecule has 15 heteroatoms. The Morgan fingerprint density at radius 2 is 1.93 bits per heavy atom. The van der Waals surface area contributed by atoms with Crippen molar-refractivity contribution < 1.29 is 18.0 Å². The minimum absolute atomic E-state index is 0.0108. The second kappa shape index (κ2) is 11.7. The van der Waals surface area contributed by atoms with Crippen LogP contribution >= 0.6 is 11.6 Å². The Morgan fingerprint density at radius 1 is 1.11 bits per heavy atom. The summed E-state index contributed by atoms with van der Waals surface area (Å²) in [6, 6.07) is 6.57. The molecule has 2 atom stereocenters. The van der Waals surface area contributed by atoms with Crippen LogP contribution in [0, 0.1) is 18.7 Å². The van der Waals surface area contributed by atoms with Crippen LogP contribution in [0.5, 0.6) is 0 Å². The van der Waals surface area contributed by atoms with Crippen LogP contribution in [-0.2, 0) is 4.79 Å². The molecule has 0 aliphatic carbocycles. The van der Waals surface area contributed by atoms with E-state index < -0.39 is 29.9 Å². The summed E-state index contributed by atoms with van der Waals surface area (Å²) in [4.78, 5) is 35.5. The first-order valence-corrected chi connectivity index (χ1v) is 14.1. The van der Waals surface area contributed by atoms with E-state index >= 15 is 4.39 Å². The zero-order valence-corrected chi connectivity index (χ0v) is 24.2. The number of pyridine rings is 1. The van der Waals surface area contributed by atoms with E-state index in [1.807, 2.05) is 0 Å². The number of rotatable bonds is 4. The molecule has 0 fully saturated rings. The lowest BCUT2D eigenvalue weighted by Crippen LogP contribution is -2.27. The van der Waals surface area contributed by atoms with Crippen molar-refractivity contribution in [2.75, 3.05) is 5.32 Å². The van der Waals surface area contributed by atoms with Gasteiger partial charge in [0.2, 0.25) is 5.91 Å². The van der Waals surface area contributed by atoms with Crippen LogP contribution in [0.2, 0.25) is 5.02 Å². The molecule has 0 radical (unpaired) electrons. The molecule has 0 saturated heterocycles. The van der Waals surface area contributed by atoms with Gasteiger partial charge in [0.05, 0.1) is 69.5 Å². The van der Waals surface area contributed by atoms with Crippen LogP contribution in [-0.4, -0.2) is 45.2 Å². The topological polar surface area (TPSA) is 125 Å². The van der Waals surface area contributed by atoms with Gasteiger partial charge in [-0.2, -0.15) is 13.9 Å². The fourth-order valence-corrected chi connectivity index (χ4v) is 5.48. The Labute approximate surface area is 253 Å². The van der Waals surface area contributed by atoms with Gasteiger partial charge in [0.15, 0.2) is 5.82 Å². The zero-order chi connectivity index (χ0) is 31.1. The highest BCUT2D eigenvalue weighted by Crippen LogP contribution is 2.35. The Hall–Kier alpha value is -4.85. The molecular weight excluding hydrogens is 599 g/mol. The predicted octanol–water partition coefficient (Wildman–Crippen LogP) is 5.59. The van der Waals surface area contributed by atoms with Gasteiger partial charge in [-0.15, -0.1) is 5.10 Å². The van der Waals surface area contributed by atoms with Crippen LogP contribution < -0.4 is 10.9 Å². The highest BCUT2D eigenvalue weighted by Gasteiger charge is 2.26. The standard InChI is InChI=1S/C29H25ClF3N9O2/c1-15-4-3-5-22(19-10-17(8-9-34-19)27-21(37-28(15)44)12-36-42(27)29(32)33)40-14-35-20(11-24(40)43)25-23(7-6-18(30)26(25)31)41-13-16(2)38-39-41/h6-15,22,29H,3-5H2,1-2H3,(H,37,44)/t15-,22+/m1/s1. The van der Waals surface area contributed by atoms with Crippen LogP contribution in [0.25, 0.3) is 28.2 Å². The SMILES string of the molecule is Cc1cn(-c2ccc(Cl)c(F)c2-c2cc(=O)n([C@H]3CCC[C@@H](C)C(=O)Nc4cnn(C(F)F)c4-c4ccnc3c4)cn2)nn1. The van der Waals surface area contributed by atoms with E-state index in [1.54, 1.807) is 32.2 Å². The summed E-state index contributed by atoms with van der Waals surface area (Å²) in [5.41, 5.74) is 1.27. The number of anilines is 1. The minimum Gasteiger partial charge on any atom is -0.323 e. The molecule has 226 valence electrons. The fraction of sp³-hybridized carbons (Fsp3) is 0.276. The van der Waals surface area contributed by atoms with E-state index in [4.69, 9.17) is 11.6 Å². The number of carbonyl (C=O) groups excluding carboxylic acids is 1. The largest absolute Gasteiger partial charge is 0.333 e. The number of benzene rings is 1. The third-order valence-electron chi connectivity index (χ3n) is 7.55. The summed E-state index contributed by atoms with van der Waals surface area (Å²) in [6.45, 7) is 0.503. The summed E-state index contributed by atoms with van der Waals surface area (Å²) >= 11 is 6.11. The Kier molecular flexibility index (Phi) is 7.76. The molecule has 0 saturated carbocycles. The van der Waals surface area contributed by atoms with Crippen molar-refractivity contribution in [2.24, 2.45) is 5.92 Å². The van der Waals surface area contributed by atoms with E-state index in [0.717, 1.165) is 0 Å². The van der Waals surface area contributed by atoms with Crippen molar-refractivity contribution in [3.63, 3.8) is 0 Å². The summed E-state index contributed by atoms with van der Waals surface area (Å²) < 4.78 is 46.5. The summed E-state index contributed by atoms with van der Waals surface area (Å²) in [5, 5.41) is 14.3. The smallest absolute Gasteiger partial charge is 0.323 e. The number of aryl methyl sites for hydroxylation is 1. The average Bonchev–Trinajstić information content (AvgIpc) is 3.62. The second-order valence-electron chi connectivity index (χ2n) is 10.5. The number of nitrogens with one attached hydrogen (secondary N) is 1. The van der Waals surface area contributed by atoms with Gasteiger partial charge in [-0.05, 0) is 44.0 Å². The van der Waals surface area contributed by atoms with Gasteiger partial charge in [-0.3, -0.25) is 19.1 Å². The summed E-state index contributed by atoms with van der Waals surface area (Å²) in [6.07, 6.45) is 6.89. The van der Waals surface area contributed by atoms with E-state index in [2.05, 4.69) is 30.7 Å². The van der Waals surface area contributed by atoms with Crippen LogP contribution in [0.15, 0.2) is 60.0 Å². The van der Waals surface area contributed by atoms with Crippen LogP contribution in [0.4, 0.5) is 18.9 Å². The molecule has 11 nitrogen and oxygen atoms in total. The molecule has 5 aromatic rings. The van der Waals surface area contributed by atoms with E-state index in [9.17, 15) is 18.4 Å². The first-order chi connectivity index (χ1) is 21.1. The third kappa shape index (κ3) is 5.36. The first-order valence-electron chi connectivity index (χ1n) is 13.7. The Balaban J connectivity index is 1.47. The van der Waals surface area contributed by atoms with Crippen molar-refractivity contribution in [3.8, 4) is 28.2 Å². The van der Waals surface area contributed by atoms with Crippen molar-refractivity contribution in [2.45, 2.75) is 45.7 Å². The van der Waals surface area contributed by atoms with Gasteiger partial charge in [-0.25, -0.2) is 18.7 Å². The monoisotopic (exact) mass is 623 g/mol. The lowest BCUT2D eigenvalue weighted by atomic mass is 9.97. The number of fused-ring (bicyclic) bond motifs is 4. The van der Waals surface area contributed by atoms with Crippen molar-refractivity contribution in [3.05, 3.63) is 87.8 Å². The molecule has 1 amide bonds. The lowest BCUT2D eigenvalue weighted by molar-refractivity contribution is -0.119. The van der Waals surface area contributed by atoms with Gasteiger partial charge >= 0.3 is 6.55 Å². The van der Waals surface area contributed by atoms with Gasteiger partial charge in [0.25, 0.3) is 5.56 Å². The summed E-state index contributed by atoms with van der Waals surface area (Å²) in [5.74, 6) is -1.57. The average molecular weight is 624 g/mol. The number of amides is 1. The number of aromatic nitrogens is 8. The van der Waals surface area contributed by atoms with Gasteiger partial charge in [0, 0.05) is 23.7 Å². The molecule has 2 bridgehead atoms. The van der Waals surface area contributed by atoms with Gasteiger partial charge < -0.3 is 5.32 Å². The number of hydrogen-bond acceptors (Lipinski definition) is 7. The predicted molar refractivity (Wildman–Crippen MR) is 155 cm³/mol. The van der Waals surface area contributed by atoms with E-state index in [-0.39, 0.29) is 39.3 Å². The molecule has 6 rings (SSSR count). The first kappa shape index (κ1) is 29.2. The Morgan fingerprint density at radius 3 is 2.66 bits per heavy atom. The molecule has 44 heavy (non-hydrogen) atoms. The maximum Gasteiger partial charge on any atom is 0.333 e. The second-order valence-corrected chi connectivity index (χ2v) is 10.9. The maximum absolute atomic E-state index is 15.4. The fourth-order valence-electron chi connectivity index (χ4n) is 5.32. The minimum atomic E-state index is -2.97. The lowest BCUT2D eigenvalue weighted by Gasteiger charge is -2.22. The molecular formula is C29H25ClF3N9O2. The quantitative estimate of drug-likeness (QED) is 0.276. The highest BCUT2D eigenvalue weighted by atomic mass is 35.5. The number of hydrogen-bond donors (Lipinski definition) is 1. The molecule has 4 aromatic heterocycles. The number of halogens is 4. The molecule has 1 aliphatic rings. The molecule has 1 aromatic carbocycles. The zero-order valence-electron chi connectivity index (χ0n) is 23.5. The normalized spacial score (nSPS) is 17.1. The summed E-state index contributed by atoms with van der Waals surface area (Å²) in [7, 11) is 0. The molecule has 1 aliphatic heterocycles. The number of carbonyl (C=O) groups is 1. The van der Waals surface area contributed by atoms with Crippen molar-refractivity contribution in [1.29, 1.82) is 0 Å². The Bertz CT molecular complexity index is 1940. The van der Waals surface area contributed by atoms with E-state index in [0.29, 0.717) is 40.9 Å². The van der Waals surface area contributed by atoms with Crippen molar-refractivity contribution in [1.82, 2.24) is 39.3 Å². The third-order valence-corrected chi connectivity index (χ3v) is 7.84. The molecule has 5 heterocycles. The van der Waals surface area contributed by atoms with Gasteiger partial charge in [0.1, 0.15) is 0 Å². The number of alkyl halides is 2. The molecule has 0 spiro atoms. The number of nitrogens with zero attached hydrogens (tertiary/aromatic N) is 8. The molecule has 1 N–H and O–H groups in total. The highest BCUT2D eigenvalue weighted by molar-refractivity contribution is 6.31. The van der Waals surface area contributed by atoms with Crippen LogP contribution in [0.3, 0.4) is 0 Å².